The molecule has 10 aromatic rings. The Kier molecular flexibility index (Phi) is 6.90. The Bertz CT molecular complexity index is 2850. The molecular formula is C46H28N2S2. The van der Waals surface area contributed by atoms with E-state index in [-0.39, 0.29) is 0 Å². The Balaban J connectivity index is 1.33. The highest BCUT2D eigenvalue weighted by molar-refractivity contribution is 7.26. The van der Waals surface area contributed by atoms with Crippen LogP contribution in [0.15, 0.2) is 170 Å². The first-order valence-electron chi connectivity index (χ1n) is 16.7. The zero-order valence-corrected chi connectivity index (χ0v) is 28.5. The van der Waals surface area contributed by atoms with E-state index < -0.39 is 0 Å². The highest BCUT2D eigenvalue weighted by atomic mass is 32.1. The molecule has 0 atom stereocenters. The van der Waals surface area contributed by atoms with Gasteiger partial charge in [0.1, 0.15) is 0 Å². The van der Waals surface area contributed by atoms with E-state index in [4.69, 9.17) is 9.97 Å². The van der Waals surface area contributed by atoms with Gasteiger partial charge in [0, 0.05) is 46.9 Å². The van der Waals surface area contributed by atoms with Crippen molar-refractivity contribution in [3.8, 4) is 56.0 Å². The van der Waals surface area contributed by atoms with E-state index in [2.05, 4.69) is 170 Å². The Labute approximate surface area is 297 Å². The lowest BCUT2D eigenvalue weighted by Gasteiger charge is -2.19. The summed E-state index contributed by atoms with van der Waals surface area (Å²) in [6.07, 6.45) is 0. The summed E-state index contributed by atoms with van der Waals surface area (Å²) in [4.78, 5) is 10.9. The van der Waals surface area contributed by atoms with Gasteiger partial charge in [0.25, 0.3) is 0 Å². The number of hydrogen-bond donors (Lipinski definition) is 0. The van der Waals surface area contributed by atoms with Crippen molar-refractivity contribution >= 4 is 63.1 Å². The summed E-state index contributed by atoms with van der Waals surface area (Å²) < 4.78 is 4.92. The Morgan fingerprint density at radius 2 is 0.940 bits per heavy atom. The van der Waals surface area contributed by atoms with E-state index in [9.17, 15) is 0 Å². The van der Waals surface area contributed by atoms with E-state index in [0.717, 1.165) is 66.1 Å². The second-order valence-corrected chi connectivity index (χ2v) is 14.7. The lowest BCUT2D eigenvalue weighted by molar-refractivity contribution is 1.24. The van der Waals surface area contributed by atoms with Crippen LogP contribution in [0.3, 0.4) is 0 Å². The van der Waals surface area contributed by atoms with Crippen LogP contribution in [0.5, 0.6) is 0 Å². The molecule has 0 spiro atoms. The number of hydrogen-bond acceptors (Lipinski definition) is 4. The van der Waals surface area contributed by atoms with Gasteiger partial charge in [-0.15, -0.1) is 22.7 Å². The van der Waals surface area contributed by atoms with E-state index in [1.54, 1.807) is 11.3 Å². The first-order valence-corrected chi connectivity index (χ1v) is 18.4. The summed E-state index contributed by atoms with van der Waals surface area (Å²) in [7, 11) is 0. The van der Waals surface area contributed by atoms with Gasteiger partial charge in [-0.3, -0.25) is 0 Å². The number of rotatable bonds is 5. The number of thiophene rings is 2. The molecule has 0 saturated heterocycles. The maximum absolute atomic E-state index is 5.48. The van der Waals surface area contributed by atoms with Crippen molar-refractivity contribution in [2.24, 2.45) is 0 Å². The fourth-order valence-corrected chi connectivity index (χ4v) is 9.40. The molecule has 3 aromatic heterocycles. The number of benzene rings is 7. The molecule has 0 bridgehead atoms. The van der Waals surface area contributed by atoms with E-state index >= 15 is 0 Å². The summed E-state index contributed by atoms with van der Waals surface area (Å²) >= 11 is 3.62. The molecule has 234 valence electrons. The van der Waals surface area contributed by atoms with Gasteiger partial charge in [0.05, 0.1) is 15.9 Å². The second kappa shape index (κ2) is 11.9. The fraction of sp³-hybridized carbons (Fsp3) is 0. The lowest BCUT2D eigenvalue weighted by Crippen LogP contribution is -1.98. The smallest absolute Gasteiger partial charge is 0.161 e. The Morgan fingerprint density at radius 3 is 1.68 bits per heavy atom. The third-order valence-corrected chi connectivity index (χ3v) is 11.8. The van der Waals surface area contributed by atoms with Gasteiger partial charge >= 0.3 is 0 Å². The standard InChI is InChI=1S/C46H28N2S2/c1-4-14-29(15-5-1)33-27-36(32-24-25-41-37(26-32)34-20-10-12-22-39(34)49-41)42(30-16-6-2-7-17-30)38(28-33)46-47-43(31-18-8-3-9-19-31)45-44(48-46)35-21-11-13-23-40(35)50-45/h1-28H. The molecule has 0 saturated carbocycles. The summed E-state index contributed by atoms with van der Waals surface area (Å²) in [6, 6.07) is 60.8. The lowest BCUT2D eigenvalue weighted by atomic mass is 9.86. The molecule has 7 aromatic carbocycles. The van der Waals surface area contributed by atoms with Gasteiger partial charge in [-0.05, 0) is 64.2 Å². The van der Waals surface area contributed by atoms with Gasteiger partial charge < -0.3 is 0 Å². The fourth-order valence-electron chi connectivity index (χ4n) is 7.16. The van der Waals surface area contributed by atoms with Crippen LogP contribution in [0.4, 0.5) is 0 Å². The largest absolute Gasteiger partial charge is 0.226 e. The zero-order valence-electron chi connectivity index (χ0n) is 26.9. The van der Waals surface area contributed by atoms with E-state index in [0.29, 0.717) is 0 Å². The minimum absolute atomic E-state index is 0.722. The van der Waals surface area contributed by atoms with Crippen LogP contribution in [0.1, 0.15) is 0 Å². The van der Waals surface area contributed by atoms with Crippen LogP contribution in [0.25, 0.3) is 96.5 Å². The van der Waals surface area contributed by atoms with Crippen molar-refractivity contribution in [2.45, 2.75) is 0 Å². The van der Waals surface area contributed by atoms with Crippen LogP contribution in [0.2, 0.25) is 0 Å². The molecule has 0 fully saturated rings. The SMILES string of the molecule is c1ccc(-c2cc(-c3ccc4sc5ccccc5c4c3)c(-c3ccccc3)c(-c3nc(-c4ccccc4)c4sc5ccccc5c4n3)c2)cc1. The molecule has 0 radical (unpaired) electrons. The highest BCUT2D eigenvalue weighted by Gasteiger charge is 2.22. The molecule has 2 nitrogen and oxygen atoms in total. The van der Waals surface area contributed by atoms with Crippen molar-refractivity contribution in [3.05, 3.63) is 170 Å². The molecule has 0 unspecified atom stereocenters. The molecule has 10 rings (SSSR count). The maximum atomic E-state index is 5.48. The first kappa shape index (κ1) is 29.0. The predicted octanol–water partition coefficient (Wildman–Crippen LogP) is 13.5. The van der Waals surface area contributed by atoms with Gasteiger partial charge in [0.15, 0.2) is 5.82 Å². The van der Waals surface area contributed by atoms with Crippen LogP contribution in [-0.4, -0.2) is 9.97 Å². The highest BCUT2D eigenvalue weighted by Crippen LogP contribution is 2.46. The van der Waals surface area contributed by atoms with Crippen molar-refractivity contribution in [1.82, 2.24) is 9.97 Å². The quantitative estimate of drug-likeness (QED) is 0.182. The maximum Gasteiger partial charge on any atom is 0.161 e. The predicted molar refractivity (Wildman–Crippen MR) is 215 cm³/mol. The second-order valence-electron chi connectivity index (χ2n) is 12.5. The summed E-state index contributed by atoms with van der Waals surface area (Å²) in [5.74, 6) is 0.722. The van der Waals surface area contributed by atoms with Crippen LogP contribution < -0.4 is 0 Å². The third kappa shape index (κ3) is 4.84. The monoisotopic (exact) mass is 672 g/mol. The first-order chi connectivity index (χ1) is 24.8. The molecule has 0 aliphatic carbocycles. The Hall–Kier alpha value is -5.94. The molecule has 0 N–H and O–H groups in total. The summed E-state index contributed by atoms with van der Waals surface area (Å²) in [5.41, 5.74) is 10.9. The van der Waals surface area contributed by atoms with Crippen LogP contribution in [-0.2, 0) is 0 Å². The van der Waals surface area contributed by atoms with Crippen molar-refractivity contribution in [2.75, 3.05) is 0 Å². The minimum Gasteiger partial charge on any atom is -0.226 e. The molecule has 0 aliphatic heterocycles. The number of aromatic nitrogens is 2. The van der Waals surface area contributed by atoms with E-state index in [1.165, 1.54) is 30.4 Å². The average molecular weight is 673 g/mol. The Morgan fingerprint density at radius 1 is 0.360 bits per heavy atom. The van der Waals surface area contributed by atoms with Gasteiger partial charge in [-0.1, -0.05) is 133 Å². The number of nitrogens with zero attached hydrogens (tertiary/aromatic N) is 2. The van der Waals surface area contributed by atoms with Crippen LogP contribution >= 0.6 is 22.7 Å². The summed E-state index contributed by atoms with van der Waals surface area (Å²) in [6.45, 7) is 0. The molecule has 3 heterocycles. The summed E-state index contributed by atoms with van der Waals surface area (Å²) in [5, 5.41) is 3.73. The van der Waals surface area contributed by atoms with Gasteiger partial charge in [-0.2, -0.15) is 0 Å². The molecular weight excluding hydrogens is 645 g/mol. The molecule has 50 heavy (non-hydrogen) atoms. The van der Waals surface area contributed by atoms with Gasteiger partial charge in [-0.25, -0.2) is 9.97 Å². The normalized spacial score (nSPS) is 11.6. The average Bonchev–Trinajstić information content (AvgIpc) is 3.76. The zero-order chi connectivity index (χ0) is 33.0. The minimum atomic E-state index is 0.722. The molecule has 0 amide bonds. The van der Waals surface area contributed by atoms with Crippen molar-refractivity contribution < 1.29 is 0 Å². The van der Waals surface area contributed by atoms with Gasteiger partial charge in [0.2, 0.25) is 0 Å². The van der Waals surface area contributed by atoms with Crippen molar-refractivity contribution in [1.29, 1.82) is 0 Å². The molecule has 4 heteroatoms. The molecule has 0 aliphatic rings. The number of fused-ring (bicyclic) bond motifs is 6. The van der Waals surface area contributed by atoms with Crippen molar-refractivity contribution in [3.63, 3.8) is 0 Å². The van der Waals surface area contributed by atoms with Crippen LogP contribution in [0, 0.1) is 0 Å². The third-order valence-electron chi connectivity index (χ3n) is 9.50. The van der Waals surface area contributed by atoms with E-state index in [1.807, 2.05) is 11.3 Å². The topological polar surface area (TPSA) is 25.8 Å².